The molecule has 0 spiro atoms. The van der Waals surface area contributed by atoms with Crippen LogP contribution in [0.5, 0.6) is 11.5 Å². The van der Waals surface area contributed by atoms with Gasteiger partial charge in [0.15, 0.2) is 9.84 Å². The van der Waals surface area contributed by atoms with E-state index in [1.807, 2.05) is 0 Å². The summed E-state index contributed by atoms with van der Waals surface area (Å²) in [6.07, 6.45) is 0.521. The first-order chi connectivity index (χ1) is 12.9. The number of amides is 1. The Hall–Kier alpha value is -2.13. The van der Waals surface area contributed by atoms with Gasteiger partial charge in [-0.1, -0.05) is 23.7 Å². The van der Waals surface area contributed by atoms with Crippen molar-refractivity contribution >= 4 is 27.8 Å². The molecule has 2 rings (SSSR count). The third-order valence-electron chi connectivity index (χ3n) is 3.82. The minimum atomic E-state index is -3.90. The van der Waals surface area contributed by atoms with Gasteiger partial charge in [-0.25, -0.2) is 13.5 Å². The largest absolute Gasteiger partial charge is 0.456 e. The van der Waals surface area contributed by atoms with Crippen molar-refractivity contribution in [2.75, 3.05) is 12.4 Å². The maximum Gasteiger partial charge on any atom is 0.233 e. The van der Waals surface area contributed by atoms with Gasteiger partial charge in [-0.05, 0) is 49.2 Å². The first kappa shape index (κ1) is 21.2. The summed E-state index contributed by atoms with van der Waals surface area (Å²) < 4.78 is 31.4. The zero-order valence-corrected chi connectivity index (χ0v) is 15.9. The zero-order chi connectivity index (χ0) is 19.9. The molecular formula is C18H20ClNO6S. The van der Waals surface area contributed by atoms with Crippen molar-refractivity contribution in [2.45, 2.75) is 23.8 Å². The summed E-state index contributed by atoms with van der Waals surface area (Å²) in [6, 6.07) is 11.6. The number of benzene rings is 2. The van der Waals surface area contributed by atoms with Gasteiger partial charge in [0.05, 0.1) is 11.8 Å². The van der Waals surface area contributed by atoms with Crippen LogP contribution in [0.4, 0.5) is 0 Å². The quantitative estimate of drug-likeness (QED) is 0.352. The molecule has 1 atom stereocenters. The molecule has 0 aliphatic carbocycles. The first-order valence-corrected chi connectivity index (χ1v) is 10.2. The van der Waals surface area contributed by atoms with Crippen LogP contribution in [0.15, 0.2) is 53.4 Å². The monoisotopic (exact) mass is 413 g/mol. The number of carbonyl (C=O) groups excluding carboxylic acids is 1. The second-order valence-electron chi connectivity index (χ2n) is 5.79. The number of nitrogens with zero attached hydrogens (tertiary/aromatic N) is 1. The Morgan fingerprint density at radius 3 is 2.44 bits per heavy atom. The molecule has 9 heteroatoms. The van der Waals surface area contributed by atoms with Gasteiger partial charge in [-0.3, -0.25) is 10.0 Å². The minimum Gasteiger partial charge on any atom is -0.456 e. The van der Waals surface area contributed by atoms with E-state index in [2.05, 4.69) is 0 Å². The predicted octanol–water partition coefficient (Wildman–Crippen LogP) is 2.89. The summed E-state index contributed by atoms with van der Waals surface area (Å²) in [5.74, 6) is 0.0235. The Bertz CT molecular complexity index is 856. The van der Waals surface area contributed by atoms with Gasteiger partial charge >= 0.3 is 0 Å². The molecule has 0 saturated carbocycles. The van der Waals surface area contributed by atoms with Crippen molar-refractivity contribution in [3.05, 3.63) is 53.6 Å². The SMILES string of the molecule is O=CN(O)C(CCCO)CS(=O)(=O)c1ccccc1Oc1ccc(Cl)cc1. The van der Waals surface area contributed by atoms with Crippen LogP contribution in [0, 0.1) is 0 Å². The van der Waals surface area contributed by atoms with E-state index in [4.69, 9.17) is 21.4 Å². The van der Waals surface area contributed by atoms with E-state index in [9.17, 15) is 18.4 Å². The van der Waals surface area contributed by atoms with Gasteiger partial charge in [0.25, 0.3) is 0 Å². The molecule has 0 aromatic heterocycles. The van der Waals surface area contributed by atoms with Crippen LogP contribution in [0.3, 0.4) is 0 Å². The lowest BCUT2D eigenvalue weighted by atomic mass is 10.2. The summed E-state index contributed by atoms with van der Waals surface area (Å²) in [5.41, 5.74) is 0. The van der Waals surface area contributed by atoms with Crippen LogP contribution in [0.2, 0.25) is 5.02 Å². The molecule has 1 unspecified atom stereocenters. The van der Waals surface area contributed by atoms with E-state index >= 15 is 0 Å². The third kappa shape index (κ3) is 5.93. The first-order valence-electron chi connectivity index (χ1n) is 8.16. The van der Waals surface area contributed by atoms with Crippen LogP contribution < -0.4 is 4.74 Å². The molecule has 0 radical (unpaired) electrons. The maximum atomic E-state index is 12.9. The number of carbonyl (C=O) groups is 1. The summed E-state index contributed by atoms with van der Waals surface area (Å²) in [6.45, 7) is -0.181. The van der Waals surface area contributed by atoms with Crippen LogP contribution in [0.1, 0.15) is 12.8 Å². The smallest absolute Gasteiger partial charge is 0.233 e. The summed E-state index contributed by atoms with van der Waals surface area (Å²) in [7, 11) is -3.90. The van der Waals surface area contributed by atoms with E-state index < -0.39 is 21.6 Å². The molecule has 0 heterocycles. The van der Waals surface area contributed by atoms with E-state index in [0.29, 0.717) is 15.8 Å². The number of ether oxygens (including phenoxy) is 1. The van der Waals surface area contributed by atoms with Crippen molar-refractivity contribution in [1.82, 2.24) is 5.06 Å². The maximum absolute atomic E-state index is 12.9. The van der Waals surface area contributed by atoms with Crippen LogP contribution in [-0.2, 0) is 14.6 Å². The third-order valence-corrected chi connectivity index (χ3v) is 5.90. The number of sulfone groups is 1. The second-order valence-corrected chi connectivity index (χ2v) is 8.23. The van der Waals surface area contributed by atoms with Gasteiger partial charge < -0.3 is 9.84 Å². The summed E-state index contributed by atoms with van der Waals surface area (Å²) in [5, 5.41) is 19.4. The highest BCUT2D eigenvalue weighted by atomic mass is 35.5. The summed E-state index contributed by atoms with van der Waals surface area (Å²) >= 11 is 5.83. The molecule has 2 aromatic rings. The molecule has 0 saturated heterocycles. The Morgan fingerprint density at radius 2 is 1.81 bits per heavy atom. The molecule has 146 valence electrons. The van der Waals surface area contributed by atoms with E-state index in [-0.39, 0.29) is 36.5 Å². The van der Waals surface area contributed by atoms with Crippen LogP contribution in [-0.4, -0.2) is 48.6 Å². The highest BCUT2D eigenvalue weighted by molar-refractivity contribution is 7.91. The number of aliphatic hydroxyl groups is 1. The van der Waals surface area contributed by atoms with Crippen LogP contribution >= 0.6 is 11.6 Å². The van der Waals surface area contributed by atoms with Crippen molar-refractivity contribution < 1.29 is 28.3 Å². The Balaban J connectivity index is 2.29. The Morgan fingerprint density at radius 1 is 1.15 bits per heavy atom. The van der Waals surface area contributed by atoms with Crippen molar-refractivity contribution in [2.24, 2.45) is 0 Å². The lowest BCUT2D eigenvalue weighted by molar-refractivity contribution is -0.158. The molecule has 0 fully saturated rings. The van der Waals surface area contributed by atoms with Gasteiger partial charge in [-0.2, -0.15) is 0 Å². The van der Waals surface area contributed by atoms with E-state index in [0.717, 1.165) is 0 Å². The minimum absolute atomic E-state index is 0.0618. The topological polar surface area (TPSA) is 104 Å². The number of halogens is 1. The standard InChI is InChI=1S/C18H20ClNO6S/c19-14-7-9-16(10-8-14)26-17-5-1-2-6-18(17)27(24,25)12-15(4-3-11-21)20(23)13-22/h1-2,5-10,13,15,21,23H,3-4,11-12H2. The second kappa shape index (κ2) is 9.70. The Labute approximate surface area is 162 Å². The lowest BCUT2D eigenvalue weighted by Gasteiger charge is -2.22. The van der Waals surface area contributed by atoms with Gasteiger partial charge in [0, 0.05) is 11.6 Å². The number of hydroxylamine groups is 2. The van der Waals surface area contributed by atoms with Crippen molar-refractivity contribution in [3.63, 3.8) is 0 Å². The number of aliphatic hydroxyl groups excluding tert-OH is 1. The molecule has 0 aliphatic rings. The molecule has 7 nitrogen and oxygen atoms in total. The summed E-state index contributed by atoms with van der Waals surface area (Å²) in [4.78, 5) is 10.8. The average molecular weight is 414 g/mol. The fourth-order valence-electron chi connectivity index (χ4n) is 2.47. The highest BCUT2D eigenvalue weighted by Crippen LogP contribution is 2.30. The van der Waals surface area contributed by atoms with Crippen LogP contribution in [0.25, 0.3) is 0 Å². The van der Waals surface area contributed by atoms with Gasteiger partial charge in [0.1, 0.15) is 16.4 Å². The molecule has 2 N–H and O–H groups in total. The molecular weight excluding hydrogens is 394 g/mol. The molecule has 0 aliphatic heterocycles. The molecule has 1 amide bonds. The fraction of sp³-hybridized carbons (Fsp3) is 0.278. The van der Waals surface area contributed by atoms with Crippen molar-refractivity contribution in [1.29, 1.82) is 0 Å². The molecule has 27 heavy (non-hydrogen) atoms. The number of rotatable bonds is 10. The number of hydrogen-bond donors (Lipinski definition) is 2. The normalized spacial score (nSPS) is 12.4. The lowest BCUT2D eigenvalue weighted by Crippen LogP contribution is -2.37. The average Bonchev–Trinajstić information content (AvgIpc) is 2.66. The Kier molecular flexibility index (Phi) is 7.61. The van der Waals surface area contributed by atoms with E-state index in [1.165, 1.54) is 12.1 Å². The predicted molar refractivity (Wildman–Crippen MR) is 99.8 cm³/mol. The van der Waals surface area contributed by atoms with Gasteiger partial charge in [-0.15, -0.1) is 0 Å². The molecule has 2 aromatic carbocycles. The number of para-hydroxylation sites is 1. The van der Waals surface area contributed by atoms with Gasteiger partial charge in [0.2, 0.25) is 6.41 Å². The zero-order valence-electron chi connectivity index (χ0n) is 14.4. The van der Waals surface area contributed by atoms with Crippen molar-refractivity contribution in [3.8, 4) is 11.5 Å². The number of hydrogen-bond acceptors (Lipinski definition) is 6. The highest BCUT2D eigenvalue weighted by Gasteiger charge is 2.27. The molecule has 0 bridgehead atoms. The fourth-order valence-corrected chi connectivity index (χ4v) is 4.30. The van der Waals surface area contributed by atoms with E-state index in [1.54, 1.807) is 36.4 Å².